The summed E-state index contributed by atoms with van der Waals surface area (Å²) in [5.74, 6) is 0.603. The predicted molar refractivity (Wildman–Crippen MR) is 59.9 cm³/mol. The van der Waals surface area contributed by atoms with Crippen molar-refractivity contribution in [2.24, 2.45) is 0 Å². The highest BCUT2D eigenvalue weighted by atomic mass is 19.4. The first-order valence-electron chi connectivity index (χ1n) is 5.37. The van der Waals surface area contributed by atoms with E-state index in [1.165, 1.54) is 6.07 Å². The van der Waals surface area contributed by atoms with Gasteiger partial charge in [-0.05, 0) is 32.9 Å². The average molecular weight is 242 g/mol. The van der Waals surface area contributed by atoms with E-state index in [1.807, 2.05) is 18.4 Å². The Bertz CT molecular complexity index is 553. The molecule has 1 aromatic carbocycles. The van der Waals surface area contributed by atoms with Crippen molar-refractivity contribution in [2.75, 3.05) is 0 Å². The third-order valence-corrected chi connectivity index (χ3v) is 2.72. The van der Waals surface area contributed by atoms with E-state index in [4.69, 9.17) is 0 Å². The Morgan fingerprint density at radius 2 is 1.88 bits per heavy atom. The van der Waals surface area contributed by atoms with Crippen LogP contribution in [-0.4, -0.2) is 9.55 Å². The van der Waals surface area contributed by atoms with Gasteiger partial charge in [-0.1, -0.05) is 6.07 Å². The molecule has 0 unspecified atom stereocenters. The fraction of sp³-hybridized carbons (Fsp3) is 0.417. The highest BCUT2D eigenvalue weighted by Gasteiger charge is 2.34. The number of fused-ring (bicyclic) bond motifs is 1. The number of rotatable bonds is 1. The molecule has 0 aliphatic heterocycles. The first-order chi connectivity index (χ1) is 7.82. The van der Waals surface area contributed by atoms with E-state index in [1.54, 1.807) is 13.0 Å². The van der Waals surface area contributed by atoms with E-state index >= 15 is 0 Å². The zero-order chi connectivity index (χ0) is 12.8. The maximum atomic E-state index is 12.8. The van der Waals surface area contributed by atoms with Gasteiger partial charge in [-0.25, -0.2) is 4.98 Å². The van der Waals surface area contributed by atoms with Crippen molar-refractivity contribution in [1.29, 1.82) is 0 Å². The lowest BCUT2D eigenvalue weighted by molar-refractivity contribution is -0.136. The highest BCUT2D eigenvalue weighted by molar-refractivity contribution is 5.80. The SMILES string of the molecule is Cc1nc2c(C(F)(F)F)cccc2n1C(C)C. The second-order valence-corrected chi connectivity index (χ2v) is 4.29. The molecule has 17 heavy (non-hydrogen) atoms. The van der Waals surface area contributed by atoms with E-state index < -0.39 is 11.7 Å². The van der Waals surface area contributed by atoms with E-state index in [0.29, 0.717) is 11.3 Å². The van der Waals surface area contributed by atoms with Gasteiger partial charge in [-0.3, -0.25) is 0 Å². The van der Waals surface area contributed by atoms with Crippen LogP contribution in [0, 0.1) is 6.92 Å². The van der Waals surface area contributed by atoms with Crippen molar-refractivity contribution in [1.82, 2.24) is 9.55 Å². The number of alkyl halides is 3. The number of aromatic nitrogens is 2. The summed E-state index contributed by atoms with van der Waals surface area (Å²) in [5, 5.41) is 0. The van der Waals surface area contributed by atoms with Crippen LogP contribution in [0.3, 0.4) is 0 Å². The molecule has 0 spiro atoms. The monoisotopic (exact) mass is 242 g/mol. The Labute approximate surface area is 97.1 Å². The zero-order valence-electron chi connectivity index (χ0n) is 9.84. The summed E-state index contributed by atoms with van der Waals surface area (Å²) < 4.78 is 40.2. The van der Waals surface area contributed by atoms with Crippen LogP contribution in [-0.2, 0) is 6.18 Å². The number of para-hydroxylation sites is 1. The molecule has 0 aliphatic rings. The Hall–Kier alpha value is -1.52. The molecule has 5 heteroatoms. The number of imidazole rings is 1. The van der Waals surface area contributed by atoms with Crippen LogP contribution in [0.5, 0.6) is 0 Å². The van der Waals surface area contributed by atoms with Gasteiger partial charge in [-0.2, -0.15) is 13.2 Å². The van der Waals surface area contributed by atoms with Crippen molar-refractivity contribution in [2.45, 2.75) is 33.0 Å². The molecule has 1 aromatic heterocycles. The first kappa shape index (κ1) is 12.0. The van der Waals surface area contributed by atoms with Crippen molar-refractivity contribution < 1.29 is 13.2 Å². The summed E-state index contributed by atoms with van der Waals surface area (Å²) in [4.78, 5) is 4.04. The summed E-state index contributed by atoms with van der Waals surface area (Å²) in [6.07, 6.45) is -4.36. The molecule has 0 amide bonds. The minimum Gasteiger partial charge on any atom is -0.326 e. The Morgan fingerprint density at radius 3 is 2.41 bits per heavy atom. The topological polar surface area (TPSA) is 17.8 Å². The Balaban J connectivity index is 2.80. The van der Waals surface area contributed by atoms with E-state index in [0.717, 1.165) is 6.07 Å². The summed E-state index contributed by atoms with van der Waals surface area (Å²) >= 11 is 0. The van der Waals surface area contributed by atoms with Crippen LogP contribution in [0.4, 0.5) is 13.2 Å². The van der Waals surface area contributed by atoms with E-state index in [-0.39, 0.29) is 11.6 Å². The molecule has 0 aliphatic carbocycles. The van der Waals surface area contributed by atoms with Crippen LogP contribution >= 0.6 is 0 Å². The summed E-state index contributed by atoms with van der Waals surface area (Å²) in [5.41, 5.74) is -0.101. The number of hydrogen-bond donors (Lipinski definition) is 0. The number of nitrogens with zero attached hydrogens (tertiary/aromatic N) is 2. The van der Waals surface area contributed by atoms with Crippen molar-refractivity contribution in [3.63, 3.8) is 0 Å². The highest BCUT2D eigenvalue weighted by Crippen LogP contribution is 2.35. The maximum Gasteiger partial charge on any atom is 0.418 e. The van der Waals surface area contributed by atoms with E-state index in [2.05, 4.69) is 4.98 Å². The van der Waals surface area contributed by atoms with Crippen LogP contribution in [0.25, 0.3) is 11.0 Å². The molecular formula is C12H13F3N2. The number of aryl methyl sites for hydroxylation is 1. The van der Waals surface area contributed by atoms with Gasteiger partial charge < -0.3 is 4.57 Å². The molecule has 0 fully saturated rings. The molecule has 0 N–H and O–H groups in total. The number of benzene rings is 1. The first-order valence-corrected chi connectivity index (χ1v) is 5.37. The molecule has 2 rings (SSSR count). The molecule has 2 nitrogen and oxygen atoms in total. The van der Waals surface area contributed by atoms with Gasteiger partial charge in [-0.15, -0.1) is 0 Å². The molecule has 0 radical (unpaired) electrons. The predicted octanol–water partition coefficient (Wildman–Crippen LogP) is 3.94. The van der Waals surface area contributed by atoms with Crippen LogP contribution in [0.15, 0.2) is 18.2 Å². The van der Waals surface area contributed by atoms with Gasteiger partial charge in [0.25, 0.3) is 0 Å². The molecule has 0 bridgehead atoms. The Morgan fingerprint density at radius 1 is 1.24 bits per heavy atom. The molecule has 1 heterocycles. The molecule has 2 aromatic rings. The van der Waals surface area contributed by atoms with Gasteiger partial charge in [0.15, 0.2) is 0 Å². The zero-order valence-corrected chi connectivity index (χ0v) is 9.84. The quantitative estimate of drug-likeness (QED) is 0.740. The summed E-state index contributed by atoms with van der Waals surface area (Å²) in [7, 11) is 0. The standard InChI is InChI=1S/C12H13F3N2/c1-7(2)17-8(3)16-11-9(12(13,14)15)5-4-6-10(11)17/h4-7H,1-3H3. The fourth-order valence-electron chi connectivity index (χ4n) is 2.11. The van der Waals surface area contributed by atoms with Gasteiger partial charge in [0.2, 0.25) is 0 Å². The van der Waals surface area contributed by atoms with Gasteiger partial charge in [0, 0.05) is 6.04 Å². The smallest absolute Gasteiger partial charge is 0.326 e. The lowest BCUT2D eigenvalue weighted by Crippen LogP contribution is -2.06. The third-order valence-electron chi connectivity index (χ3n) is 2.72. The fourth-order valence-corrected chi connectivity index (χ4v) is 2.11. The molecule has 0 saturated carbocycles. The van der Waals surface area contributed by atoms with E-state index in [9.17, 15) is 13.2 Å². The number of hydrogen-bond acceptors (Lipinski definition) is 1. The van der Waals surface area contributed by atoms with Crippen molar-refractivity contribution in [3.8, 4) is 0 Å². The molecule has 0 saturated heterocycles. The van der Waals surface area contributed by atoms with Gasteiger partial charge in [0.05, 0.1) is 11.1 Å². The van der Waals surface area contributed by atoms with Crippen LogP contribution in [0.1, 0.15) is 31.3 Å². The summed E-state index contributed by atoms with van der Waals surface area (Å²) in [6, 6.07) is 4.25. The maximum absolute atomic E-state index is 12.8. The lowest BCUT2D eigenvalue weighted by atomic mass is 10.1. The van der Waals surface area contributed by atoms with Crippen molar-refractivity contribution in [3.05, 3.63) is 29.6 Å². The minimum atomic E-state index is -4.36. The second-order valence-electron chi connectivity index (χ2n) is 4.29. The average Bonchev–Trinajstić information content (AvgIpc) is 2.51. The van der Waals surface area contributed by atoms with Crippen molar-refractivity contribution >= 4 is 11.0 Å². The van der Waals surface area contributed by atoms with Gasteiger partial charge >= 0.3 is 6.18 Å². The minimum absolute atomic E-state index is 0.0335. The molecule has 0 atom stereocenters. The summed E-state index contributed by atoms with van der Waals surface area (Å²) in [6.45, 7) is 5.57. The van der Waals surface area contributed by atoms with Crippen LogP contribution in [0.2, 0.25) is 0 Å². The third kappa shape index (κ3) is 1.90. The molecular weight excluding hydrogens is 229 g/mol. The van der Waals surface area contributed by atoms with Gasteiger partial charge in [0.1, 0.15) is 11.3 Å². The lowest BCUT2D eigenvalue weighted by Gasteiger charge is -2.11. The number of halogens is 3. The largest absolute Gasteiger partial charge is 0.418 e. The molecule has 92 valence electrons. The Kier molecular flexibility index (Phi) is 2.64. The normalized spacial score (nSPS) is 12.6. The second kappa shape index (κ2) is 3.75. The van der Waals surface area contributed by atoms with Crippen LogP contribution < -0.4 is 0 Å².